The Hall–Kier alpha value is -2.56. The van der Waals surface area contributed by atoms with Gasteiger partial charge in [0.25, 0.3) is 0 Å². The van der Waals surface area contributed by atoms with E-state index in [2.05, 4.69) is 33.1 Å². The molecule has 0 heterocycles. The highest BCUT2D eigenvalue weighted by Crippen LogP contribution is 2.23. The minimum Gasteiger partial charge on any atom is -0.488 e. The van der Waals surface area contributed by atoms with Crippen LogP contribution in [0.4, 0.5) is 0 Å². The largest absolute Gasteiger partial charge is 0.488 e. The minimum absolute atomic E-state index is 0.204. The van der Waals surface area contributed by atoms with Gasteiger partial charge in [-0.15, -0.1) is 11.8 Å². The Morgan fingerprint density at radius 2 is 1.81 bits per heavy atom. The third kappa shape index (κ3) is 7.54. The summed E-state index contributed by atoms with van der Waals surface area (Å²) in [6, 6.07) is 19.4. The second-order valence-electron chi connectivity index (χ2n) is 6.52. The number of ether oxygens (including phenoxy) is 1. The number of carboxylic acid groups (broad SMARTS) is 1. The third-order valence-corrected chi connectivity index (χ3v) is 6.24. The molecule has 0 bridgehead atoms. The van der Waals surface area contributed by atoms with E-state index in [1.54, 1.807) is 42.6 Å². The fraction of sp³-hybridized carbons (Fsp3) is 0.0870. The first-order valence-electron chi connectivity index (χ1n) is 9.35. The molecule has 2 N–H and O–H groups in total. The number of hydrogen-bond acceptors (Lipinski definition) is 5. The van der Waals surface area contributed by atoms with Crippen LogP contribution in [0.5, 0.6) is 5.75 Å². The van der Waals surface area contributed by atoms with Crippen LogP contribution >= 0.6 is 46.0 Å². The number of nitrogens with one attached hydrogen (secondary N) is 1. The zero-order chi connectivity index (χ0) is 22.9. The third-order valence-electron chi connectivity index (χ3n) is 4.14. The van der Waals surface area contributed by atoms with Crippen molar-refractivity contribution in [2.45, 2.75) is 11.5 Å². The summed E-state index contributed by atoms with van der Waals surface area (Å²) in [7, 11) is 0. The number of nitrogens with zero attached hydrogens (tertiary/aromatic N) is 1. The molecular formula is C23H18ClIN2O4S. The summed E-state index contributed by atoms with van der Waals surface area (Å²) < 4.78 is 6.71. The van der Waals surface area contributed by atoms with Crippen molar-refractivity contribution >= 4 is 64.0 Å². The molecule has 1 amide bonds. The van der Waals surface area contributed by atoms with Crippen LogP contribution in [-0.2, 0) is 11.4 Å². The Bertz CT molecular complexity index is 1120. The number of benzene rings is 3. The standard InChI is InChI=1S/C23H18ClIN2O4S/c24-18-6-8-19(9-7-18)32-14-22(28)27-26-12-16-3-10-21(20(25)11-16)31-13-15-1-4-17(5-2-15)23(29)30/h1-12H,13-14H2,(H,27,28)(H,29,30)/b26-12-. The quantitative estimate of drug-likeness (QED) is 0.152. The number of thioether (sulfide) groups is 1. The van der Waals surface area contributed by atoms with Crippen molar-refractivity contribution in [3.63, 3.8) is 0 Å². The number of amides is 1. The van der Waals surface area contributed by atoms with Gasteiger partial charge in [0.05, 0.1) is 21.1 Å². The molecule has 0 radical (unpaired) electrons. The topological polar surface area (TPSA) is 88.0 Å². The predicted molar refractivity (Wildman–Crippen MR) is 135 cm³/mol. The molecule has 0 fully saturated rings. The maximum absolute atomic E-state index is 11.9. The molecule has 3 aromatic rings. The Morgan fingerprint density at radius 3 is 2.47 bits per heavy atom. The summed E-state index contributed by atoms with van der Waals surface area (Å²) in [5, 5.41) is 13.6. The highest BCUT2D eigenvalue weighted by molar-refractivity contribution is 14.1. The number of hydrogen-bond donors (Lipinski definition) is 2. The lowest BCUT2D eigenvalue weighted by molar-refractivity contribution is -0.118. The van der Waals surface area contributed by atoms with E-state index in [1.165, 1.54) is 11.8 Å². The lowest BCUT2D eigenvalue weighted by Crippen LogP contribution is -2.19. The zero-order valence-electron chi connectivity index (χ0n) is 16.6. The van der Waals surface area contributed by atoms with Crippen LogP contribution in [0, 0.1) is 3.57 Å². The van der Waals surface area contributed by atoms with Gasteiger partial charge in [0.15, 0.2) is 0 Å². The zero-order valence-corrected chi connectivity index (χ0v) is 20.4. The fourth-order valence-corrected chi connectivity index (χ4v) is 4.02. The SMILES string of the molecule is O=C(CSc1ccc(Cl)cc1)N/N=C\c1ccc(OCc2ccc(C(=O)O)cc2)c(I)c1. The second-order valence-corrected chi connectivity index (χ2v) is 9.16. The highest BCUT2D eigenvalue weighted by atomic mass is 127. The van der Waals surface area contributed by atoms with Gasteiger partial charge in [-0.05, 0) is 88.3 Å². The van der Waals surface area contributed by atoms with E-state index >= 15 is 0 Å². The normalized spacial score (nSPS) is 10.8. The Labute approximate surface area is 208 Å². The van der Waals surface area contributed by atoms with Crippen molar-refractivity contribution in [1.82, 2.24) is 5.43 Å². The average Bonchev–Trinajstić information content (AvgIpc) is 2.78. The van der Waals surface area contributed by atoms with Crippen molar-refractivity contribution in [1.29, 1.82) is 0 Å². The summed E-state index contributed by atoms with van der Waals surface area (Å²) >= 11 is 9.42. The molecule has 0 saturated carbocycles. The summed E-state index contributed by atoms with van der Waals surface area (Å²) in [4.78, 5) is 23.8. The maximum atomic E-state index is 11.9. The Kier molecular flexibility index (Phi) is 8.95. The lowest BCUT2D eigenvalue weighted by Gasteiger charge is -2.09. The number of carboxylic acids is 1. The summed E-state index contributed by atoms with van der Waals surface area (Å²) in [6.45, 7) is 0.324. The molecule has 6 nitrogen and oxygen atoms in total. The summed E-state index contributed by atoms with van der Waals surface area (Å²) in [6.07, 6.45) is 1.57. The van der Waals surface area contributed by atoms with Crippen LogP contribution in [-0.4, -0.2) is 29.0 Å². The van der Waals surface area contributed by atoms with Gasteiger partial charge < -0.3 is 9.84 Å². The number of hydrazone groups is 1. The number of carbonyl (C=O) groups is 2. The Morgan fingerprint density at radius 1 is 1.09 bits per heavy atom. The van der Waals surface area contributed by atoms with Crippen molar-refractivity contribution in [2.75, 3.05) is 5.75 Å². The van der Waals surface area contributed by atoms with Crippen LogP contribution in [0.15, 0.2) is 76.7 Å². The van der Waals surface area contributed by atoms with Crippen molar-refractivity contribution < 1.29 is 19.4 Å². The smallest absolute Gasteiger partial charge is 0.335 e. The molecule has 0 aliphatic rings. The first kappa shape index (κ1) is 24.1. The molecule has 0 aromatic heterocycles. The summed E-state index contributed by atoms with van der Waals surface area (Å²) in [5.74, 6) is -0.213. The van der Waals surface area contributed by atoms with Crippen molar-refractivity contribution in [3.05, 3.63) is 92.0 Å². The van der Waals surface area contributed by atoms with Gasteiger partial charge in [0.2, 0.25) is 5.91 Å². The van der Waals surface area contributed by atoms with Gasteiger partial charge in [-0.1, -0.05) is 23.7 Å². The molecular weight excluding hydrogens is 563 g/mol. The molecule has 32 heavy (non-hydrogen) atoms. The van der Waals surface area contributed by atoms with Crippen LogP contribution < -0.4 is 10.2 Å². The van der Waals surface area contributed by atoms with Gasteiger partial charge >= 0.3 is 5.97 Å². The van der Waals surface area contributed by atoms with Crippen LogP contribution in [0.25, 0.3) is 0 Å². The van der Waals surface area contributed by atoms with Crippen LogP contribution in [0.2, 0.25) is 5.02 Å². The average molecular weight is 581 g/mol. The molecule has 9 heteroatoms. The predicted octanol–water partition coefficient (Wildman–Crippen LogP) is 5.46. The van der Waals surface area contributed by atoms with E-state index < -0.39 is 5.97 Å². The van der Waals surface area contributed by atoms with Gasteiger partial charge in [0, 0.05) is 9.92 Å². The molecule has 0 atom stereocenters. The first-order chi connectivity index (χ1) is 15.4. The van der Waals surface area contributed by atoms with E-state index in [1.807, 2.05) is 30.3 Å². The van der Waals surface area contributed by atoms with Crippen molar-refractivity contribution in [3.8, 4) is 5.75 Å². The molecule has 0 aliphatic carbocycles. The number of halogens is 2. The fourth-order valence-electron chi connectivity index (χ4n) is 2.51. The number of rotatable bonds is 9. The molecule has 0 spiro atoms. The maximum Gasteiger partial charge on any atom is 0.335 e. The minimum atomic E-state index is -0.958. The first-order valence-corrected chi connectivity index (χ1v) is 11.8. The van der Waals surface area contributed by atoms with Gasteiger partial charge in [-0.25, -0.2) is 10.2 Å². The second kappa shape index (κ2) is 11.9. The molecule has 3 aromatic carbocycles. The number of aromatic carboxylic acids is 1. The molecule has 0 saturated heterocycles. The molecule has 0 aliphatic heterocycles. The van der Waals surface area contributed by atoms with Gasteiger partial charge in [-0.2, -0.15) is 5.10 Å². The van der Waals surface area contributed by atoms with Gasteiger partial charge in [-0.3, -0.25) is 4.79 Å². The summed E-state index contributed by atoms with van der Waals surface area (Å²) in [5.41, 5.74) is 4.44. The molecule has 164 valence electrons. The lowest BCUT2D eigenvalue weighted by atomic mass is 10.1. The van der Waals surface area contributed by atoms with Gasteiger partial charge in [0.1, 0.15) is 12.4 Å². The monoisotopic (exact) mass is 580 g/mol. The van der Waals surface area contributed by atoms with Crippen molar-refractivity contribution in [2.24, 2.45) is 5.10 Å². The van der Waals surface area contributed by atoms with E-state index in [0.717, 1.165) is 19.6 Å². The van der Waals surface area contributed by atoms with E-state index in [-0.39, 0.29) is 17.2 Å². The van der Waals surface area contributed by atoms with Crippen LogP contribution in [0.1, 0.15) is 21.5 Å². The molecule has 0 unspecified atom stereocenters. The highest BCUT2D eigenvalue weighted by Gasteiger charge is 2.06. The van der Waals surface area contributed by atoms with E-state index in [0.29, 0.717) is 17.4 Å². The van der Waals surface area contributed by atoms with E-state index in [4.69, 9.17) is 21.4 Å². The molecule has 3 rings (SSSR count). The van der Waals surface area contributed by atoms with Crippen LogP contribution in [0.3, 0.4) is 0 Å². The van der Waals surface area contributed by atoms with E-state index in [9.17, 15) is 9.59 Å². The number of carbonyl (C=O) groups excluding carboxylic acids is 1. The Balaban J connectivity index is 1.47.